The van der Waals surface area contributed by atoms with E-state index in [0.717, 1.165) is 25.2 Å². The van der Waals surface area contributed by atoms with Crippen LogP contribution < -0.4 is 10.6 Å². The third-order valence-corrected chi connectivity index (χ3v) is 3.17. The van der Waals surface area contributed by atoms with Crippen molar-refractivity contribution in [1.82, 2.24) is 4.98 Å². The second-order valence-electron chi connectivity index (χ2n) is 4.22. The Morgan fingerprint density at radius 1 is 1.35 bits per heavy atom. The average Bonchev–Trinajstić information content (AvgIpc) is 2.39. The minimum absolute atomic E-state index is 0.0184. The first-order valence-electron chi connectivity index (χ1n) is 5.78. The summed E-state index contributed by atoms with van der Waals surface area (Å²) in [7, 11) is 3.46. The lowest BCUT2D eigenvalue weighted by molar-refractivity contribution is -0.00187. The van der Waals surface area contributed by atoms with Crippen LogP contribution >= 0.6 is 0 Å². The minimum Gasteiger partial charge on any atom is -0.397 e. The molecule has 1 aromatic heterocycles. The molecule has 1 aromatic rings. The summed E-state index contributed by atoms with van der Waals surface area (Å²) in [6, 6.07) is 3.78. The molecule has 0 spiro atoms. The SMILES string of the molecule is COC1CCN(c2ccc(N)cn2)C(OC)C1. The van der Waals surface area contributed by atoms with Crippen LogP contribution in [0.5, 0.6) is 0 Å². The number of pyridine rings is 1. The van der Waals surface area contributed by atoms with Gasteiger partial charge in [0.05, 0.1) is 18.0 Å². The summed E-state index contributed by atoms with van der Waals surface area (Å²) in [5, 5.41) is 0. The third-order valence-electron chi connectivity index (χ3n) is 3.17. The lowest BCUT2D eigenvalue weighted by Crippen LogP contribution is -2.46. The number of rotatable bonds is 3. The molecule has 2 unspecified atom stereocenters. The first-order chi connectivity index (χ1) is 8.24. The highest BCUT2D eigenvalue weighted by Gasteiger charge is 2.29. The zero-order valence-electron chi connectivity index (χ0n) is 10.3. The molecule has 1 fully saturated rings. The van der Waals surface area contributed by atoms with Gasteiger partial charge in [-0.05, 0) is 18.6 Å². The molecule has 2 N–H and O–H groups in total. The molecule has 5 nitrogen and oxygen atoms in total. The number of nitrogens with two attached hydrogens (primary N) is 1. The fourth-order valence-electron chi connectivity index (χ4n) is 2.16. The summed E-state index contributed by atoms with van der Waals surface area (Å²) in [6.07, 6.45) is 3.81. The van der Waals surface area contributed by atoms with Gasteiger partial charge < -0.3 is 20.1 Å². The van der Waals surface area contributed by atoms with Crippen LogP contribution in [0.2, 0.25) is 0 Å². The van der Waals surface area contributed by atoms with E-state index < -0.39 is 0 Å². The van der Waals surface area contributed by atoms with E-state index in [9.17, 15) is 0 Å². The van der Waals surface area contributed by atoms with Crippen molar-refractivity contribution in [3.8, 4) is 0 Å². The maximum absolute atomic E-state index is 5.63. The molecule has 5 heteroatoms. The molecular formula is C12H19N3O2. The Morgan fingerprint density at radius 2 is 2.18 bits per heavy atom. The number of nitrogen functional groups attached to an aromatic ring is 1. The van der Waals surface area contributed by atoms with Crippen molar-refractivity contribution in [3.05, 3.63) is 18.3 Å². The molecule has 0 radical (unpaired) electrons. The van der Waals surface area contributed by atoms with Crippen LogP contribution in [-0.4, -0.2) is 38.1 Å². The first-order valence-corrected chi connectivity index (χ1v) is 5.78. The topological polar surface area (TPSA) is 60.6 Å². The van der Waals surface area contributed by atoms with E-state index in [2.05, 4.69) is 9.88 Å². The first kappa shape index (κ1) is 12.1. The molecule has 0 aromatic carbocycles. The number of hydrogen-bond acceptors (Lipinski definition) is 5. The number of nitrogens with zero attached hydrogens (tertiary/aromatic N) is 2. The maximum atomic E-state index is 5.63. The van der Waals surface area contributed by atoms with E-state index >= 15 is 0 Å². The fraction of sp³-hybridized carbons (Fsp3) is 0.583. The van der Waals surface area contributed by atoms with Crippen molar-refractivity contribution in [2.75, 3.05) is 31.4 Å². The zero-order chi connectivity index (χ0) is 12.3. The molecular weight excluding hydrogens is 218 g/mol. The van der Waals surface area contributed by atoms with Crippen LogP contribution in [0.1, 0.15) is 12.8 Å². The van der Waals surface area contributed by atoms with Gasteiger partial charge in [0, 0.05) is 27.2 Å². The lowest BCUT2D eigenvalue weighted by atomic mass is 10.1. The summed E-state index contributed by atoms with van der Waals surface area (Å²) in [6.45, 7) is 0.883. The molecule has 0 aliphatic carbocycles. The van der Waals surface area contributed by atoms with Crippen molar-refractivity contribution in [3.63, 3.8) is 0 Å². The van der Waals surface area contributed by atoms with E-state index in [4.69, 9.17) is 15.2 Å². The van der Waals surface area contributed by atoms with Gasteiger partial charge >= 0.3 is 0 Å². The van der Waals surface area contributed by atoms with Gasteiger partial charge in [-0.25, -0.2) is 4.98 Å². The molecule has 1 aliphatic rings. The van der Waals surface area contributed by atoms with Crippen molar-refractivity contribution in [2.24, 2.45) is 0 Å². The molecule has 0 amide bonds. The van der Waals surface area contributed by atoms with Crippen LogP contribution in [0.15, 0.2) is 18.3 Å². The van der Waals surface area contributed by atoms with Crippen LogP contribution in [0.25, 0.3) is 0 Å². The van der Waals surface area contributed by atoms with Gasteiger partial charge in [0.1, 0.15) is 12.0 Å². The van der Waals surface area contributed by atoms with E-state index in [1.165, 1.54) is 0 Å². The summed E-state index contributed by atoms with van der Waals surface area (Å²) >= 11 is 0. The second-order valence-corrected chi connectivity index (χ2v) is 4.22. The Kier molecular flexibility index (Phi) is 3.81. The van der Waals surface area contributed by atoms with Crippen molar-refractivity contribution < 1.29 is 9.47 Å². The number of hydrogen-bond donors (Lipinski definition) is 1. The largest absolute Gasteiger partial charge is 0.397 e. The molecule has 2 rings (SSSR count). The van der Waals surface area contributed by atoms with Gasteiger partial charge in [0.25, 0.3) is 0 Å². The van der Waals surface area contributed by atoms with Gasteiger partial charge in [-0.2, -0.15) is 0 Å². The normalized spacial score (nSPS) is 24.9. The molecule has 0 saturated carbocycles. The Hall–Kier alpha value is -1.33. The number of anilines is 2. The summed E-state index contributed by atoms with van der Waals surface area (Å²) in [5.41, 5.74) is 6.31. The maximum Gasteiger partial charge on any atom is 0.133 e. The number of ether oxygens (including phenoxy) is 2. The zero-order valence-corrected chi connectivity index (χ0v) is 10.3. The highest BCUT2D eigenvalue weighted by Crippen LogP contribution is 2.25. The second kappa shape index (κ2) is 5.33. The van der Waals surface area contributed by atoms with E-state index in [1.54, 1.807) is 20.4 Å². The fourth-order valence-corrected chi connectivity index (χ4v) is 2.16. The molecule has 2 atom stereocenters. The minimum atomic E-state index is 0.0184. The Balaban J connectivity index is 2.12. The van der Waals surface area contributed by atoms with Gasteiger partial charge in [0.2, 0.25) is 0 Å². The summed E-state index contributed by atoms with van der Waals surface area (Å²) in [4.78, 5) is 6.48. The van der Waals surface area contributed by atoms with Gasteiger partial charge in [0.15, 0.2) is 0 Å². The molecule has 17 heavy (non-hydrogen) atoms. The molecule has 94 valence electrons. The average molecular weight is 237 g/mol. The predicted octanol–water partition coefficient (Wildman–Crippen LogP) is 1.25. The highest BCUT2D eigenvalue weighted by atomic mass is 16.5. The number of piperidine rings is 1. The Bertz CT molecular complexity index is 355. The number of methoxy groups -OCH3 is 2. The van der Waals surface area contributed by atoms with Gasteiger partial charge in [-0.3, -0.25) is 0 Å². The summed E-state index contributed by atoms with van der Waals surface area (Å²) in [5.74, 6) is 0.903. The third kappa shape index (κ3) is 2.68. The van der Waals surface area contributed by atoms with Crippen LogP contribution in [0.3, 0.4) is 0 Å². The summed E-state index contributed by atoms with van der Waals surface area (Å²) < 4.78 is 10.9. The smallest absolute Gasteiger partial charge is 0.133 e. The molecule has 1 saturated heterocycles. The highest BCUT2D eigenvalue weighted by molar-refractivity contribution is 5.46. The quantitative estimate of drug-likeness (QED) is 0.857. The standard InChI is InChI=1S/C12H19N3O2/c1-16-10-5-6-15(12(7-10)17-2)11-4-3-9(13)8-14-11/h3-4,8,10,12H,5-7,13H2,1-2H3. The van der Waals surface area contributed by atoms with Crippen LogP contribution in [-0.2, 0) is 9.47 Å². The molecule has 1 aliphatic heterocycles. The van der Waals surface area contributed by atoms with Crippen molar-refractivity contribution in [2.45, 2.75) is 25.2 Å². The van der Waals surface area contributed by atoms with Crippen LogP contribution in [0, 0.1) is 0 Å². The molecule has 0 bridgehead atoms. The van der Waals surface area contributed by atoms with Crippen molar-refractivity contribution in [1.29, 1.82) is 0 Å². The predicted molar refractivity (Wildman–Crippen MR) is 66.8 cm³/mol. The van der Waals surface area contributed by atoms with E-state index in [1.807, 2.05) is 12.1 Å². The molecule has 2 heterocycles. The Morgan fingerprint density at radius 3 is 2.76 bits per heavy atom. The van der Waals surface area contributed by atoms with Crippen molar-refractivity contribution >= 4 is 11.5 Å². The van der Waals surface area contributed by atoms with Gasteiger partial charge in [-0.1, -0.05) is 0 Å². The monoisotopic (exact) mass is 237 g/mol. The number of aromatic nitrogens is 1. The van der Waals surface area contributed by atoms with Crippen LogP contribution in [0.4, 0.5) is 11.5 Å². The Labute approximate surface area is 102 Å². The van der Waals surface area contributed by atoms with E-state index in [0.29, 0.717) is 5.69 Å². The van der Waals surface area contributed by atoms with E-state index in [-0.39, 0.29) is 12.3 Å². The van der Waals surface area contributed by atoms with Gasteiger partial charge in [-0.15, -0.1) is 0 Å². The lowest BCUT2D eigenvalue weighted by Gasteiger charge is -2.38.